The number of benzene rings is 2. The molecule has 0 spiro atoms. The van der Waals surface area contributed by atoms with Crippen molar-refractivity contribution in [1.29, 1.82) is 0 Å². The molecular formula is C16H17NO2. The van der Waals surface area contributed by atoms with E-state index in [1.807, 2.05) is 54.6 Å². The quantitative estimate of drug-likeness (QED) is 0.807. The molecule has 0 saturated carbocycles. The molecule has 2 aromatic rings. The number of carbonyl (C=O) groups is 1. The number of aryl methyl sites for hydroxylation is 1. The van der Waals surface area contributed by atoms with Crippen LogP contribution in [-0.4, -0.2) is 11.1 Å². The molecule has 0 fully saturated rings. The standard InChI is InChI=1S/C16H17NO2/c17-15-9-5-4-8-13(15)10-11-14(16(18)19)12-6-2-1-3-7-12/h1-9,14H,10-11,17H2,(H,18,19)/t14-/m1/s1. The lowest BCUT2D eigenvalue weighted by molar-refractivity contribution is -0.138. The van der Waals surface area contributed by atoms with Crippen molar-refractivity contribution in [3.63, 3.8) is 0 Å². The van der Waals surface area contributed by atoms with E-state index in [1.54, 1.807) is 0 Å². The zero-order valence-corrected chi connectivity index (χ0v) is 10.6. The third kappa shape index (κ3) is 3.35. The van der Waals surface area contributed by atoms with Gasteiger partial charge in [-0.05, 0) is 30.0 Å². The smallest absolute Gasteiger partial charge is 0.310 e. The molecule has 0 saturated heterocycles. The minimum Gasteiger partial charge on any atom is -0.481 e. The predicted molar refractivity (Wildman–Crippen MR) is 76.0 cm³/mol. The summed E-state index contributed by atoms with van der Waals surface area (Å²) in [5, 5.41) is 9.34. The summed E-state index contributed by atoms with van der Waals surface area (Å²) in [6.07, 6.45) is 1.21. The van der Waals surface area contributed by atoms with Crippen LogP contribution in [0.1, 0.15) is 23.5 Å². The first-order chi connectivity index (χ1) is 9.18. The monoisotopic (exact) mass is 255 g/mol. The minimum atomic E-state index is -0.791. The van der Waals surface area contributed by atoms with Crippen LogP contribution in [0.25, 0.3) is 0 Å². The summed E-state index contributed by atoms with van der Waals surface area (Å²) in [6.45, 7) is 0. The average Bonchev–Trinajstić information content (AvgIpc) is 2.42. The van der Waals surface area contributed by atoms with Gasteiger partial charge in [0.05, 0.1) is 5.92 Å². The second-order valence-electron chi connectivity index (χ2n) is 4.54. The number of nitrogens with two attached hydrogens (primary N) is 1. The summed E-state index contributed by atoms with van der Waals surface area (Å²) < 4.78 is 0. The average molecular weight is 255 g/mol. The summed E-state index contributed by atoms with van der Waals surface area (Å²) in [5.74, 6) is -1.28. The number of nitrogen functional groups attached to an aromatic ring is 1. The number of carboxylic acid groups (broad SMARTS) is 1. The first-order valence-electron chi connectivity index (χ1n) is 6.29. The van der Waals surface area contributed by atoms with Crippen LogP contribution in [-0.2, 0) is 11.2 Å². The van der Waals surface area contributed by atoms with Crippen molar-refractivity contribution < 1.29 is 9.90 Å². The van der Waals surface area contributed by atoms with Gasteiger partial charge in [0, 0.05) is 5.69 Å². The number of hydrogen-bond acceptors (Lipinski definition) is 2. The fourth-order valence-corrected chi connectivity index (χ4v) is 2.18. The second kappa shape index (κ2) is 6.05. The zero-order chi connectivity index (χ0) is 13.7. The topological polar surface area (TPSA) is 63.3 Å². The molecule has 0 unspecified atom stereocenters. The molecule has 0 aliphatic heterocycles. The maximum absolute atomic E-state index is 11.4. The van der Waals surface area contributed by atoms with E-state index in [1.165, 1.54) is 0 Å². The summed E-state index contributed by atoms with van der Waals surface area (Å²) in [5.41, 5.74) is 8.44. The highest BCUT2D eigenvalue weighted by molar-refractivity contribution is 5.76. The van der Waals surface area contributed by atoms with Crippen LogP contribution in [0.5, 0.6) is 0 Å². The van der Waals surface area contributed by atoms with Gasteiger partial charge in [-0.2, -0.15) is 0 Å². The lowest BCUT2D eigenvalue weighted by Crippen LogP contribution is -2.13. The molecule has 98 valence electrons. The maximum Gasteiger partial charge on any atom is 0.310 e. The molecule has 3 N–H and O–H groups in total. The molecule has 3 nitrogen and oxygen atoms in total. The molecule has 0 aliphatic rings. The molecule has 3 heteroatoms. The van der Waals surface area contributed by atoms with Gasteiger partial charge in [-0.15, -0.1) is 0 Å². The number of carboxylic acids is 1. The Morgan fingerprint density at radius 2 is 1.68 bits per heavy atom. The highest BCUT2D eigenvalue weighted by atomic mass is 16.4. The Hall–Kier alpha value is -2.29. The van der Waals surface area contributed by atoms with E-state index < -0.39 is 11.9 Å². The number of para-hydroxylation sites is 1. The summed E-state index contributed by atoms with van der Waals surface area (Å²) in [4.78, 5) is 11.4. The van der Waals surface area contributed by atoms with Gasteiger partial charge in [-0.25, -0.2) is 0 Å². The Labute approximate surface area is 112 Å². The molecule has 0 amide bonds. The van der Waals surface area contributed by atoms with Gasteiger partial charge in [-0.3, -0.25) is 4.79 Å². The molecule has 0 aromatic heterocycles. The Balaban J connectivity index is 2.11. The summed E-state index contributed by atoms with van der Waals surface area (Å²) in [7, 11) is 0. The van der Waals surface area contributed by atoms with E-state index in [0.717, 1.165) is 16.8 Å². The largest absolute Gasteiger partial charge is 0.481 e. The van der Waals surface area contributed by atoms with Gasteiger partial charge >= 0.3 is 5.97 Å². The number of rotatable bonds is 5. The fourth-order valence-electron chi connectivity index (χ4n) is 2.18. The molecule has 2 aromatic carbocycles. The number of hydrogen-bond donors (Lipinski definition) is 2. The summed E-state index contributed by atoms with van der Waals surface area (Å²) in [6, 6.07) is 16.9. The van der Waals surface area contributed by atoms with Crippen molar-refractivity contribution in [3.8, 4) is 0 Å². The molecule has 0 radical (unpaired) electrons. The first-order valence-corrected chi connectivity index (χ1v) is 6.29. The lowest BCUT2D eigenvalue weighted by Gasteiger charge is -2.13. The van der Waals surface area contributed by atoms with E-state index in [9.17, 15) is 9.90 Å². The Kier molecular flexibility index (Phi) is 4.18. The molecule has 1 atom stereocenters. The minimum absolute atomic E-state index is 0.485. The van der Waals surface area contributed by atoms with Crippen LogP contribution in [0.2, 0.25) is 0 Å². The van der Waals surface area contributed by atoms with Crippen LogP contribution in [0, 0.1) is 0 Å². The molecule has 2 rings (SSSR count). The SMILES string of the molecule is Nc1ccccc1CC[C@@H](C(=O)O)c1ccccc1. The highest BCUT2D eigenvalue weighted by Gasteiger charge is 2.19. The van der Waals surface area contributed by atoms with Gasteiger partial charge in [0.25, 0.3) is 0 Å². The van der Waals surface area contributed by atoms with Crippen LogP contribution in [0.3, 0.4) is 0 Å². The lowest BCUT2D eigenvalue weighted by atomic mass is 9.92. The van der Waals surface area contributed by atoms with E-state index in [2.05, 4.69) is 0 Å². The number of aliphatic carboxylic acids is 1. The van der Waals surface area contributed by atoms with Gasteiger partial charge in [0.2, 0.25) is 0 Å². The molecule has 0 aliphatic carbocycles. The molecule has 0 bridgehead atoms. The van der Waals surface area contributed by atoms with Crippen LogP contribution >= 0.6 is 0 Å². The Morgan fingerprint density at radius 1 is 1.05 bits per heavy atom. The molecular weight excluding hydrogens is 238 g/mol. The van der Waals surface area contributed by atoms with Crippen LogP contribution in [0.15, 0.2) is 54.6 Å². The third-order valence-corrected chi connectivity index (χ3v) is 3.26. The van der Waals surface area contributed by atoms with E-state index in [-0.39, 0.29) is 0 Å². The van der Waals surface area contributed by atoms with Gasteiger partial charge in [-0.1, -0.05) is 48.5 Å². The van der Waals surface area contributed by atoms with Gasteiger partial charge in [0.1, 0.15) is 0 Å². The molecule has 19 heavy (non-hydrogen) atoms. The highest BCUT2D eigenvalue weighted by Crippen LogP contribution is 2.23. The van der Waals surface area contributed by atoms with Gasteiger partial charge < -0.3 is 10.8 Å². The third-order valence-electron chi connectivity index (χ3n) is 3.26. The van der Waals surface area contributed by atoms with Crippen molar-refractivity contribution in [2.75, 3.05) is 5.73 Å². The predicted octanol–water partition coefficient (Wildman–Crippen LogP) is 3.07. The Morgan fingerprint density at radius 3 is 2.32 bits per heavy atom. The van der Waals surface area contributed by atoms with E-state index in [0.29, 0.717) is 12.8 Å². The van der Waals surface area contributed by atoms with Crippen LogP contribution < -0.4 is 5.73 Å². The number of anilines is 1. The fraction of sp³-hybridized carbons (Fsp3) is 0.188. The van der Waals surface area contributed by atoms with E-state index in [4.69, 9.17) is 5.73 Å². The first kappa shape index (κ1) is 13.1. The summed E-state index contributed by atoms with van der Waals surface area (Å²) >= 11 is 0. The van der Waals surface area contributed by atoms with Crippen molar-refractivity contribution >= 4 is 11.7 Å². The van der Waals surface area contributed by atoms with Crippen molar-refractivity contribution in [2.24, 2.45) is 0 Å². The Bertz CT molecular complexity index is 552. The van der Waals surface area contributed by atoms with E-state index >= 15 is 0 Å². The van der Waals surface area contributed by atoms with Crippen molar-refractivity contribution in [1.82, 2.24) is 0 Å². The van der Waals surface area contributed by atoms with Gasteiger partial charge in [0.15, 0.2) is 0 Å². The molecule has 0 heterocycles. The normalized spacial score (nSPS) is 12.0. The zero-order valence-electron chi connectivity index (χ0n) is 10.6. The maximum atomic E-state index is 11.4. The van der Waals surface area contributed by atoms with Crippen LogP contribution in [0.4, 0.5) is 5.69 Å². The second-order valence-corrected chi connectivity index (χ2v) is 4.54. The van der Waals surface area contributed by atoms with Crippen molar-refractivity contribution in [2.45, 2.75) is 18.8 Å². The van der Waals surface area contributed by atoms with Crippen molar-refractivity contribution in [3.05, 3.63) is 65.7 Å².